The first-order chi connectivity index (χ1) is 6.65. The number of aliphatic hydroxyl groups is 1. The lowest BCUT2D eigenvalue weighted by Gasteiger charge is -2.21. The Morgan fingerprint density at radius 2 is 2.07 bits per heavy atom. The van der Waals surface area contributed by atoms with Crippen LogP contribution in [0.25, 0.3) is 0 Å². The van der Waals surface area contributed by atoms with E-state index in [0.717, 1.165) is 12.8 Å². The summed E-state index contributed by atoms with van der Waals surface area (Å²) < 4.78 is 0. The van der Waals surface area contributed by atoms with Crippen molar-refractivity contribution in [1.82, 2.24) is 5.32 Å². The SMILES string of the molecule is CC(C)C(CO)NC(=O)C1CC=CC1. The minimum Gasteiger partial charge on any atom is -0.394 e. The number of rotatable bonds is 4. The summed E-state index contributed by atoms with van der Waals surface area (Å²) in [6.45, 7) is 4.01. The zero-order valence-corrected chi connectivity index (χ0v) is 8.86. The number of aliphatic hydroxyl groups excluding tert-OH is 1. The Kier molecular flexibility index (Phi) is 4.14. The molecule has 0 saturated heterocycles. The second-order valence-electron chi connectivity index (χ2n) is 4.18. The molecule has 3 heteroatoms. The van der Waals surface area contributed by atoms with Crippen LogP contribution in [0.5, 0.6) is 0 Å². The van der Waals surface area contributed by atoms with Gasteiger partial charge in [0.05, 0.1) is 12.6 Å². The van der Waals surface area contributed by atoms with Crippen molar-refractivity contribution in [3.8, 4) is 0 Å². The maximum atomic E-state index is 11.7. The summed E-state index contributed by atoms with van der Waals surface area (Å²) in [5.41, 5.74) is 0. The van der Waals surface area contributed by atoms with Crippen molar-refractivity contribution in [2.45, 2.75) is 32.7 Å². The molecule has 0 aromatic carbocycles. The maximum absolute atomic E-state index is 11.7. The number of carbonyl (C=O) groups is 1. The van der Waals surface area contributed by atoms with Crippen LogP contribution in [-0.4, -0.2) is 23.7 Å². The lowest BCUT2D eigenvalue weighted by atomic mass is 10.0. The van der Waals surface area contributed by atoms with Gasteiger partial charge in [0, 0.05) is 5.92 Å². The molecule has 1 aliphatic rings. The molecule has 3 nitrogen and oxygen atoms in total. The molecule has 2 N–H and O–H groups in total. The van der Waals surface area contributed by atoms with Crippen LogP contribution in [0.3, 0.4) is 0 Å². The molecule has 14 heavy (non-hydrogen) atoms. The number of amides is 1. The molecule has 1 unspecified atom stereocenters. The van der Waals surface area contributed by atoms with Crippen molar-refractivity contribution in [3.05, 3.63) is 12.2 Å². The lowest BCUT2D eigenvalue weighted by molar-refractivity contribution is -0.126. The fourth-order valence-corrected chi connectivity index (χ4v) is 1.55. The predicted molar refractivity (Wildman–Crippen MR) is 55.7 cm³/mol. The van der Waals surface area contributed by atoms with Crippen LogP contribution in [-0.2, 0) is 4.79 Å². The molecular formula is C11H19NO2. The number of carbonyl (C=O) groups excluding carboxylic acids is 1. The molecule has 0 fully saturated rings. The lowest BCUT2D eigenvalue weighted by Crippen LogP contribution is -2.43. The van der Waals surface area contributed by atoms with Gasteiger partial charge in [0.15, 0.2) is 0 Å². The minimum atomic E-state index is -0.108. The molecule has 0 bridgehead atoms. The molecule has 1 amide bonds. The summed E-state index contributed by atoms with van der Waals surface area (Å²) in [5, 5.41) is 11.9. The second-order valence-corrected chi connectivity index (χ2v) is 4.18. The van der Waals surface area contributed by atoms with Crippen LogP contribution < -0.4 is 5.32 Å². The number of hydrogen-bond acceptors (Lipinski definition) is 2. The first-order valence-corrected chi connectivity index (χ1v) is 5.21. The van der Waals surface area contributed by atoms with Crippen LogP contribution in [0, 0.1) is 11.8 Å². The van der Waals surface area contributed by atoms with Gasteiger partial charge in [0.25, 0.3) is 0 Å². The molecule has 0 aromatic heterocycles. The number of allylic oxidation sites excluding steroid dienone is 2. The topological polar surface area (TPSA) is 49.3 Å². The third-order valence-corrected chi connectivity index (χ3v) is 2.71. The fraction of sp³-hybridized carbons (Fsp3) is 0.727. The van der Waals surface area contributed by atoms with Crippen molar-refractivity contribution in [3.63, 3.8) is 0 Å². The Labute approximate surface area is 85.2 Å². The highest BCUT2D eigenvalue weighted by Gasteiger charge is 2.22. The monoisotopic (exact) mass is 197 g/mol. The van der Waals surface area contributed by atoms with Gasteiger partial charge < -0.3 is 10.4 Å². The normalized spacial score (nSPS) is 18.9. The van der Waals surface area contributed by atoms with Crippen molar-refractivity contribution >= 4 is 5.91 Å². The van der Waals surface area contributed by atoms with E-state index in [4.69, 9.17) is 5.11 Å². The fourth-order valence-electron chi connectivity index (χ4n) is 1.55. The van der Waals surface area contributed by atoms with Crippen LogP contribution in [0.15, 0.2) is 12.2 Å². The van der Waals surface area contributed by atoms with Gasteiger partial charge in [-0.3, -0.25) is 4.79 Å². The zero-order chi connectivity index (χ0) is 10.6. The summed E-state index contributed by atoms with van der Waals surface area (Å²) in [6, 6.07) is -0.108. The molecule has 80 valence electrons. The van der Waals surface area contributed by atoms with Gasteiger partial charge in [-0.2, -0.15) is 0 Å². The zero-order valence-electron chi connectivity index (χ0n) is 8.86. The standard InChI is InChI=1S/C11H19NO2/c1-8(2)10(7-13)12-11(14)9-5-3-4-6-9/h3-4,8-10,13H,5-7H2,1-2H3,(H,12,14). The van der Waals surface area contributed by atoms with Crippen molar-refractivity contribution < 1.29 is 9.90 Å². The van der Waals surface area contributed by atoms with E-state index in [-0.39, 0.29) is 30.4 Å². The smallest absolute Gasteiger partial charge is 0.224 e. The highest BCUT2D eigenvalue weighted by atomic mass is 16.3. The van der Waals surface area contributed by atoms with E-state index in [1.54, 1.807) is 0 Å². The van der Waals surface area contributed by atoms with Gasteiger partial charge >= 0.3 is 0 Å². The molecular weight excluding hydrogens is 178 g/mol. The molecule has 1 rings (SSSR count). The van der Waals surface area contributed by atoms with E-state index in [1.807, 2.05) is 26.0 Å². The van der Waals surface area contributed by atoms with Gasteiger partial charge in [-0.05, 0) is 18.8 Å². The van der Waals surface area contributed by atoms with Gasteiger partial charge in [-0.15, -0.1) is 0 Å². The Morgan fingerprint density at radius 3 is 2.50 bits per heavy atom. The molecule has 0 saturated carbocycles. The average molecular weight is 197 g/mol. The molecule has 0 radical (unpaired) electrons. The quantitative estimate of drug-likeness (QED) is 0.663. The van der Waals surface area contributed by atoms with E-state index in [1.165, 1.54) is 0 Å². The van der Waals surface area contributed by atoms with E-state index in [2.05, 4.69) is 5.32 Å². The Morgan fingerprint density at radius 1 is 1.50 bits per heavy atom. The first-order valence-electron chi connectivity index (χ1n) is 5.21. The first kappa shape index (κ1) is 11.2. The third kappa shape index (κ3) is 2.84. The predicted octanol–water partition coefficient (Wildman–Crippen LogP) is 1.09. The molecule has 1 atom stereocenters. The Hall–Kier alpha value is -0.830. The van der Waals surface area contributed by atoms with Crippen LogP contribution in [0.1, 0.15) is 26.7 Å². The van der Waals surface area contributed by atoms with E-state index < -0.39 is 0 Å². The highest BCUT2D eigenvalue weighted by molar-refractivity contribution is 5.79. The van der Waals surface area contributed by atoms with E-state index in [9.17, 15) is 4.79 Å². The van der Waals surface area contributed by atoms with Gasteiger partial charge in [0.1, 0.15) is 0 Å². The molecule has 0 aromatic rings. The van der Waals surface area contributed by atoms with Crippen molar-refractivity contribution in [1.29, 1.82) is 0 Å². The van der Waals surface area contributed by atoms with Gasteiger partial charge in [-0.25, -0.2) is 0 Å². The Bertz CT molecular complexity index is 215. The summed E-state index contributed by atoms with van der Waals surface area (Å²) in [7, 11) is 0. The third-order valence-electron chi connectivity index (χ3n) is 2.71. The van der Waals surface area contributed by atoms with Crippen molar-refractivity contribution in [2.24, 2.45) is 11.8 Å². The molecule has 0 aliphatic heterocycles. The summed E-state index contributed by atoms with van der Waals surface area (Å²) in [6.07, 6.45) is 5.74. The van der Waals surface area contributed by atoms with Crippen molar-refractivity contribution in [2.75, 3.05) is 6.61 Å². The molecule has 0 spiro atoms. The Balaban J connectivity index is 2.38. The van der Waals surface area contributed by atoms with E-state index in [0.29, 0.717) is 0 Å². The largest absolute Gasteiger partial charge is 0.394 e. The number of nitrogens with one attached hydrogen (secondary N) is 1. The van der Waals surface area contributed by atoms with E-state index >= 15 is 0 Å². The molecule has 0 heterocycles. The van der Waals surface area contributed by atoms with Gasteiger partial charge in [-0.1, -0.05) is 26.0 Å². The summed E-state index contributed by atoms with van der Waals surface area (Å²) in [4.78, 5) is 11.7. The number of hydrogen-bond donors (Lipinski definition) is 2. The summed E-state index contributed by atoms with van der Waals surface area (Å²) in [5.74, 6) is 0.434. The van der Waals surface area contributed by atoms with Crippen LogP contribution in [0.4, 0.5) is 0 Å². The average Bonchev–Trinajstić information content (AvgIpc) is 2.65. The van der Waals surface area contributed by atoms with Crippen LogP contribution in [0.2, 0.25) is 0 Å². The molecule has 1 aliphatic carbocycles. The summed E-state index contributed by atoms with van der Waals surface area (Å²) >= 11 is 0. The van der Waals surface area contributed by atoms with Gasteiger partial charge in [0.2, 0.25) is 5.91 Å². The van der Waals surface area contributed by atoms with Crippen LogP contribution >= 0.6 is 0 Å². The highest BCUT2D eigenvalue weighted by Crippen LogP contribution is 2.18. The maximum Gasteiger partial charge on any atom is 0.224 e. The minimum absolute atomic E-state index is 0.0174. The second kappa shape index (κ2) is 5.15.